The van der Waals surface area contributed by atoms with Gasteiger partial charge in [0, 0.05) is 12.6 Å². The van der Waals surface area contributed by atoms with Crippen LogP contribution in [0.15, 0.2) is 30.3 Å². The van der Waals surface area contributed by atoms with Crippen LogP contribution in [0.4, 0.5) is 0 Å². The van der Waals surface area contributed by atoms with E-state index in [0.29, 0.717) is 6.04 Å². The number of para-hydroxylation sites is 1. The zero-order valence-corrected chi connectivity index (χ0v) is 9.28. The Morgan fingerprint density at radius 3 is 2.73 bits per heavy atom. The molecule has 2 rings (SSSR count). The van der Waals surface area contributed by atoms with Crippen LogP contribution in [0, 0.1) is 5.92 Å². The third-order valence-corrected chi connectivity index (χ3v) is 2.91. The lowest BCUT2D eigenvalue weighted by molar-refractivity contribution is 0.303. The van der Waals surface area contributed by atoms with Gasteiger partial charge >= 0.3 is 0 Å². The summed E-state index contributed by atoms with van der Waals surface area (Å²) in [4.78, 5) is 0. The van der Waals surface area contributed by atoms with E-state index in [1.165, 1.54) is 12.8 Å². The minimum atomic E-state index is 0.657. The van der Waals surface area contributed by atoms with Gasteiger partial charge in [-0.05, 0) is 37.8 Å². The van der Waals surface area contributed by atoms with Crippen molar-refractivity contribution < 1.29 is 4.74 Å². The summed E-state index contributed by atoms with van der Waals surface area (Å²) in [5.74, 6) is 1.88. The number of nitrogens with one attached hydrogen (secondary N) is 1. The van der Waals surface area contributed by atoms with Crippen molar-refractivity contribution in [1.29, 1.82) is 0 Å². The van der Waals surface area contributed by atoms with Crippen LogP contribution in [0.1, 0.15) is 19.8 Å². The second kappa shape index (κ2) is 5.17. The normalized spacial score (nSPS) is 17.4. The molecule has 1 N–H and O–H groups in total. The first-order valence-corrected chi connectivity index (χ1v) is 5.77. The second-order valence-corrected chi connectivity index (χ2v) is 4.24. The smallest absolute Gasteiger partial charge is 0.119 e. The highest BCUT2D eigenvalue weighted by molar-refractivity contribution is 5.20. The van der Waals surface area contributed by atoms with E-state index in [2.05, 4.69) is 12.2 Å². The first kappa shape index (κ1) is 10.5. The summed E-state index contributed by atoms with van der Waals surface area (Å²) in [5, 5.41) is 3.49. The molecular formula is C13H19NO. The molecule has 0 heterocycles. The highest BCUT2D eigenvalue weighted by Gasteiger charge is 2.27. The quantitative estimate of drug-likeness (QED) is 0.720. The predicted molar refractivity (Wildman–Crippen MR) is 62.1 cm³/mol. The second-order valence-electron chi connectivity index (χ2n) is 4.24. The van der Waals surface area contributed by atoms with Crippen LogP contribution in [0.3, 0.4) is 0 Å². The van der Waals surface area contributed by atoms with Crippen molar-refractivity contribution in [3.05, 3.63) is 30.3 Å². The third-order valence-electron chi connectivity index (χ3n) is 2.91. The standard InChI is InChI=1S/C13H19NO/c1-11(12-7-8-12)14-9-10-15-13-5-3-2-4-6-13/h2-6,11-12,14H,7-10H2,1H3/t11-/m1/s1. The Bertz CT molecular complexity index is 282. The Kier molecular flexibility index (Phi) is 3.62. The molecule has 15 heavy (non-hydrogen) atoms. The summed E-state index contributed by atoms with van der Waals surface area (Å²) in [6, 6.07) is 10.6. The Labute approximate surface area is 91.6 Å². The van der Waals surface area contributed by atoms with Crippen LogP contribution in [0.2, 0.25) is 0 Å². The summed E-state index contributed by atoms with van der Waals surface area (Å²) in [6.07, 6.45) is 2.79. The molecule has 0 amide bonds. The number of hydrogen-bond donors (Lipinski definition) is 1. The van der Waals surface area contributed by atoms with E-state index in [1.54, 1.807) is 0 Å². The van der Waals surface area contributed by atoms with E-state index in [0.717, 1.165) is 24.8 Å². The predicted octanol–water partition coefficient (Wildman–Crippen LogP) is 2.45. The summed E-state index contributed by atoms with van der Waals surface area (Å²) in [5.41, 5.74) is 0. The van der Waals surface area contributed by atoms with Gasteiger partial charge in [0.2, 0.25) is 0 Å². The molecule has 1 fully saturated rings. The van der Waals surface area contributed by atoms with Crippen molar-refractivity contribution >= 4 is 0 Å². The van der Waals surface area contributed by atoms with Crippen LogP contribution in [0.5, 0.6) is 5.75 Å². The molecule has 0 aromatic heterocycles. The van der Waals surface area contributed by atoms with Crippen LogP contribution >= 0.6 is 0 Å². The summed E-state index contributed by atoms with van der Waals surface area (Å²) in [7, 11) is 0. The maximum absolute atomic E-state index is 5.59. The SMILES string of the molecule is C[C@@H](NCCOc1ccccc1)C1CC1. The highest BCUT2D eigenvalue weighted by atomic mass is 16.5. The van der Waals surface area contributed by atoms with Gasteiger partial charge in [-0.15, -0.1) is 0 Å². The molecule has 1 aliphatic rings. The minimum Gasteiger partial charge on any atom is -0.492 e. The van der Waals surface area contributed by atoms with Crippen LogP contribution in [0.25, 0.3) is 0 Å². The minimum absolute atomic E-state index is 0.657. The van der Waals surface area contributed by atoms with Crippen LogP contribution < -0.4 is 10.1 Å². The van der Waals surface area contributed by atoms with Crippen LogP contribution in [-0.4, -0.2) is 19.2 Å². The van der Waals surface area contributed by atoms with E-state index in [4.69, 9.17) is 4.74 Å². The topological polar surface area (TPSA) is 21.3 Å². The molecule has 1 atom stereocenters. The molecule has 0 bridgehead atoms. The molecule has 2 nitrogen and oxygen atoms in total. The number of hydrogen-bond acceptors (Lipinski definition) is 2. The van der Waals surface area contributed by atoms with Gasteiger partial charge in [-0.3, -0.25) is 0 Å². The molecule has 0 unspecified atom stereocenters. The Hall–Kier alpha value is -1.02. The zero-order chi connectivity index (χ0) is 10.5. The van der Waals surface area contributed by atoms with Gasteiger partial charge in [0.25, 0.3) is 0 Å². The van der Waals surface area contributed by atoms with Gasteiger partial charge < -0.3 is 10.1 Å². The van der Waals surface area contributed by atoms with Gasteiger partial charge in [0.05, 0.1) is 0 Å². The van der Waals surface area contributed by atoms with E-state index < -0.39 is 0 Å². The van der Waals surface area contributed by atoms with Gasteiger partial charge in [0.15, 0.2) is 0 Å². The number of rotatable bonds is 6. The molecule has 1 saturated carbocycles. The van der Waals surface area contributed by atoms with E-state index >= 15 is 0 Å². The fourth-order valence-corrected chi connectivity index (χ4v) is 1.74. The van der Waals surface area contributed by atoms with E-state index in [-0.39, 0.29) is 0 Å². The molecule has 0 spiro atoms. The average Bonchev–Trinajstić information content (AvgIpc) is 3.09. The van der Waals surface area contributed by atoms with Gasteiger partial charge in [-0.25, -0.2) is 0 Å². The first-order valence-electron chi connectivity index (χ1n) is 5.77. The lowest BCUT2D eigenvalue weighted by atomic mass is 10.2. The third kappa shape index (κ3) is 3.56. The van der Waals surface area contributed by atoms with Crippen molar-refractivity contribution in [2.75, 3.05) is 13.2 Å². The molecule has 1 aromatic carbocycles. The summed E-state index contributed by atoms with van der Waals surface area (Å²) in [6.45, 7) is 3.95. The van der Waals surface area contributed by atoms with Gasteiger partial charge in [-0.1, -0.05) is 18.2 Å². The van der Waals surface area contributed by atoms with Crippen LogP contribution in [-0.2, 0) is 0 Å². The monoisotopic (exact) mass is 205 g/mol. The lowest BCUT2D eigenvalue weighted by Crippen LogP contribution is -2.31. The van der Waals surface area contributed by atoms with Crippen molar-refractivity contribution in [3.8, 4) is 5.75 Å². The van der Waals surface area contributed by atoms with E-state index in [9.17, 15) is 0 Å². The van der Waals surface area contributed by atoms with Gasteiger partial charge in [0.1, 0.15) is 12.4 Å². The van der Waals surface area contributed by atoms with Crippen molar-refractivity contribution in [3.63, 3.8) is 0 Å². The van der Waals surface area contributed by atoms with Gasteiger partial charge in [-0.2, -0.15) is 0 Å². The largest absolute Gasteiger partial charge is 0.492 e. The highest BCUT2D eigenvalue weighted by Crippen LogP contribution is 2.32. The maximum Gasteiger partial charge on any atom is 0.119 e. The van der Waals surface area contributed by atoms with Crippen molar-refractivity contribution in [1.82, 2.24) is 5.32 Å². The summed E-state index contributed by atoms with van der Waals surface area (Å²) >= 11 is 0. The molecule has 1 aromatic rings. The maximum atomic E-state index is 5.59. The molecular weight excluding hydrogens is 186 g/mol. The lowest BCUT2D eigenvalue weighted by Gasteiger charge is -2.12. The molecule has 2 heteroatoms. The van der Waals surface area contributed by atoms with E-state index in [1.807, 2.05) is 30.3 Å². The number of ether oxygens (including phenoxy) is 1. The Morgan fingerprint density at radius 1 is 1.33 bits per heavy atom. The molecule has 0 radical (unpaired) electrons. The fourth-order valence-electron chi connectivity index (χ4n) is 1.74. The molecule has 0 saturated heterocycles. The van der Waals surface area contributed by atoms with Crippen molar-refractivity contribution in [2.24, 2.45) is 5.92 Å². The number of benzene rings is 1. The Balaban J connectivity index is 1.58. The molecule has 0 aliphatic heterocycles. The van der Waals surface area contributed by atoms with Crippen molar-refractivity contribution in [2.45, 2.75) is 25.8 Å². The average molecular weight is 205 g/mol. The molecule has 82 valence electrons. The zero-order valence-electron chi connectivity index (χ0n) is 9.28. The molecule has 1 aliphatic carbocycles. The summed E-state index contributed by atoms with van der Waals surface area (Å²) < 4.78 is 5.59. The first-order chi connectivity index (χ1) is 7.36. The Morgan fingerprint density at radius 2 is 2.07 bits per heavy atom. The fraction of sp³-hybridized carbons (Fsp3) is 0.538.